The molecule has 4 rings (SSSR count). The van der Waals surface area contributed by atoms with Gasteiger partial charge in [-0.05, 0) is 31.1 Å². The summed E-state index contributed by atoms with van der Waals surface area (Å²) in [6.07, 6.45) is 9.57. The molecule has 2 fully saturated rings. The fraction of sp³-hybridized carbons (Fsp3) is 0.824. The van der Waals surface area contributed by atoms with E-state index in [1.54, 1.807) is 5.69 Å². The third kappa shape index (κ3) is 2.30. The Hall–Kier alpha value is -0.830. The van der Waals surface area contributed by atoms with E-state index >= 15 is 0 Å². The number of imidazole rings is 1. The SMILES string of the molecule is CC1CC1Cn1c(C2CCCCC2)nc2c1CCNC2. The zero-order valence-corrected chi connectivity index (χ0v) is 12.7. The van der Waals surface area contributed by atoms with E-state index in [1.807, 2.05) is 0 Å². The number of hydrogen-bond donors (Lipinski definition) is 1. The van der Waals surface area contributed by atoms with Crippen LogP contribution in [-0.2, 0) is 19.5 Å². The van der Waals surface area contributed by atoms with E-state index in [0.717, 1.165) is 30.8 Å². The molecular formula is C17H27N3. The fourth-order valence-electron chi connectivity index (χ4n) is 4.16. The van der Waals surface area contributed by atoms with E-state index < -0.39 is 0 Å². The Morgan fingerprint density at radius 3 is 2.80 bits per heavy atom. The van der Waals surface area contributed by atoms with Gasteiger partial charge in [0.05, 0.1) is 5.69 Å². The maximum Gasteiger partial charge on any atom is 0.112 e. The van der Waals surface area contributed by atoms with Gasteiger partial charge in [-0.1, -0.05) is 26.2 Å². The van der Waals surface area contributed by atoms with E-state index in [9.17, 15) is 0 Å². The Kier molecular flexibility index (Phi) is 3.33. The Labute approximate surface area is 122 Å². The molecule has 1 N–H and O–H groups in total. The molecule has 0 amide bonds. The topological polar surface area (TPSA) is 29.9 Å². The second kappa shape index (κ2) is 5.18. The van der Waals surface area contributed by atoms with Crippen molar-refractivity contribution < 1.29 is 0 Å². The molecular weight excluding hydrogens is 246 g/mol. The van der Waals surface area contributed by atoms with Crippen LogP contribution in [0.25, 0.3) is 0 Å². The quantitative estimate of drug-likeness (QED) is 0.916. The molecule has 2 aliphatic carbocycles. The molecule has 0 spiro atoms. The summed E-state index contributed by atoms with van der Waals surface area (Å²) in [5, 5.41) is 3.49. The first-order valence-electron chi connectivity index (χ1n) is 8.62. The number of fused-ring (bicyclic) bond motifs is 1. The van der Waals surface area contributed by atoms with E-state index in [2.05, 4.69) is 16.8 Å². The largest absolute Gasteiger partial charge is 0.331 e. The maximum atomic E-state index is 5.08. The van der Waals surface area contributed by atoms with Crippen LogP contribution >= 0.6 is 0 Å². The van der Waals surface area contributed by atoms with Crippen molar-refractivity contribution in [1.82, 2.24) is 14.9 Å². The molecule has 2 unspecified atom stereocenters. The van der Waals surface area contributed by atoms with Crippen LogP contribution in [0, 0.1) is 11.8 Å². The molecule has 20 heavy (non-hydrogen) atoms. The molecule has 1 aromatic rings. The van der Waals surface area contributed by atoms with Gasteiger partial charge in [0.2, 0.25) is 0 Å². The zero-order chi connectivity index (χ0) is 13.5. The van der Waals surface area contributed by atoms with Gasteiger partial charge in [-0.15, -0.1) is 0 Å². The minimum Gasteiger partial charge on any atom is -0.331 e. The Morgan fingerprint density at radius 1 is 1.25 bits per heavy atom. The number of nitrogens with one attached hydrogen (secondary N) is 1. The van der Waals surface area contributed by atoms with E-state index in [0.29, 0.717) is 0 Å². The van der Waals surface area contributed by atoms with Gasteiger partial charge in [0, 0.05) is 37.7 Å². The van der Waals surface area contributed by atoms with Gasteiger partial charge in [-0.3, -0.25) is 0 Å². The van der Waals surface area contributed by atoms with E-state index in [4.69, 9.17) is 4.98 Å². The summed E-state index contributed by atoms with van der Waals surface area (Å²) in [5.74, 6) is 4.04. The van der Waals surface area contributed by atoms with Crippen molar-refractivity contribution in [2.24, 2.45) is 11.8 Å². The molecule has 0 radical (unpaired) electrons. The first-order valence-corrected chi connectivity index (χ1v) is 8.62. The van der Waals surface area contributed by atoms with Gasteiger partial charge in [0.15, 0.2) is 0 Å². The second-order valence-electron chi connectivity index (χ2n) is 7.21. The zero-order valence-electron chi connectivity index (χ0n) is 12.7. The smallest absolute Gasteiger partial charge is 0.112 e. The van der Waals surface area contributed by atoms with Gasteiger partial charge in [0.1, 0.15) is 5.82 Å². The average molecular weight is 273 g/mol. The Balaban J connectivity index is 1.66. The van der Waals surface area contributed by atoms with Gasteiger partial charge in [-0.2, -0.15) is 0 Å². The van der Waals surface area contributed by atoms with Gasteiger partial charge in [0.25, 0.3) is 0 Å². The van der Waals surface area contributed by atoms with E-state index in [-0.39, 0.29) is 0 Å². The summed E-state index contributed by atoms with van der Waals surface area (Å²) in [7, 11) is 0. The second-order valence-corrected chi connectivity index (χ2v) is 7.21. The average Bonchev–Trinajstić information content (AvgIpc) is 3.06. The van der Waals surface area contributed by atoms with Crippen molar-refractivity contribution in [1.29, 1.82) is 0 Å². The lowest BCUT2D eigenvalue weighted by molar-refractivity contribution is 0.407. The first kappa shape index (κ1) is 12.9. The van der Waals surface area contributed by atoms with Crippen LogP contribution in [-0.4, -0.2) is 16.1 Å². The summed E-state index contributed by atoms with van der Waals surface area (Å²) >= 11 is 0. The maximum absolute atomic E-state index is 5.08. The third-order valence-electron chi connectivity index (χ3n) is 5.68. The Morgan fingerprint density at radius 2 is 2.05 bits per heavy atom. The monoisotopic (exact) mass is 273 g/mol. The van der Waals surface area contributed by atoms with Gasteiger partial charge in [-0.25, -0.2) is 4.98 Å². The summed E-state index contributed by atoms with van der Waals surface area (Å²) in [6.45, 7) is 5.76. The summed E-state index contributed by atoms with van der Waals surface area (Å²) in [5.41, 5.74) is 2.91. The number of hydrogen-bond acceptors (Lipinski definition) is 2. The van der Waals surface area contributed by atoms with Crippen molar-refractivity contribution in [2.75, 3.05) is 6.54 Å². The molecule has 1 aromatic heterocycles. The van der Waals surface area contributed by atoms with Crippen LogP contribution in [0.1, 0.15) is 68.6 Å². The van der Waals surface area contributed by atoms with Crippen LogP contribution < -0.4 is 5.32 Å². The fourth-order valence-corrected chi connectivity index (χ4v) is 4.16. The van der Waals surface area contributed by atoms with Crippen molar-refractivity contribution >= 4 is 0 Å². The number of rotatable bonds is 3. The van der Waals surface area contributed by atoms with Gasteiger partial charge < -0.3 is 9.88 Å². The highest BCUT2D eigenvalue weighted by Crippen LogP contribution is 2.41. The minimum atomic E-state index is 0.739. The first-order chi connectivity index (χ1) is 9.83. The van der Waals surface area contributed by atoms with Gasteiger partial charge >= 0.3 is 0 Å². The summed E-state index contributed by atoms with van der Waals surface area (Å²) in [6, 6.07) is 0. The minimum absolute atomic E-state index is 0.739. The predicted molar refractivity (Wildman–Crippen MR) is 80.7 cm³/mol. The van der Waals surface area contributed by atoms with Crippen molar-refractivity contribution in [3.8, 4) is 0 Å². The molecule has 0 saturated heterocycles. The van der Waals surface area contributed by atoms with Crippen LogP contribution in [0.3, 0.4) is 0 Å². The third-order valence-corrected chi connectivity index (χ3v) is 5.68. The summed E-state index contributed by atoms with van der Waals surface area (Å²) < 4.78 is 2.65. The highest BCUT2D eigenvalue weighted by atomic mass is 15.1. The molecule has 3 aliphatic rings. The normalized spacial score (nSPS) is 30.2. The molecule has 3 nitrogen and oxygen atoms in total. The van der Waals surface area contributed by atoms with Crippen molar-refractivity contribution in [3.63, 3.8) is 0 Å². The lowest BCUT2D eigenvalue weighted by atomic mass is 9.88. The highest BCUT2D eigenvalue weighted by Gasteiger charge is 2.35. The lowest BCUT2D eigenvalue weighted by Gasteiger charge is -2.23. The van der Waals surface area contributed by atoms with Crippen molar-refractivity contribution in [2.45, 2.75) is 70.9 Å². The van der Waals surface area contributed by atoms with Crippen LogP contribution in [0.4, 0.5) is 0 Å². The lowest BCUT2D eigenvalue weighted by Crippen LogP contribution is -2.25. The molecule has 3 heteroatoms. The molecule has 1 aliphatic heterocycles. The van der Waals surface area contributed by atoms with Crippen LogP contribution in [0.2, 0.25) is 0 Å². The Bertz CT molecular complexity index is 485. The predicted octanol–water partition coefficient (Wildman–Crippen LogP) is 3.23. The standard InChI is InChI=1S/C17H27N3/c1-12-9-14(12)11-20-16-7-8-18-10-15(16)19-17(20)13-5-3-2-4-6-13/h12-14,18H,2-11H2,1H3. The summed E-state index contributed by atoms with van der Waals surface area (Å²) in [4.78, 5) is 5.08. The molecule has 2 saturated carbocycles. The highest BCUT2D eigenvalue weighted by molar-refractivity contribution is 5.23. The molecule has 0 aromatic carbocycles. The molecule has 2 atom stereocenters. The van der Waals surface area contributed by atoms with Crippen LogP contribution in [0.15, 0.2) is 0 Å². The number of aromatic nitrogens is 2. The molecule has 2 heterocycles. The van der Waals surface area contributed by atoms with Crippen LogP contribution in [0.5, 0.6) is 0 Å². The number of nitrogens with zero attached hydrogens (tertiary/aromatic N) is 2. The van der Waals surface area contributed by atoms with Crippen molar-refractivity contribution in [3.05, 3.63) is 17.2 Å². The molecule has 110 valence electrons. The molecule has 0 bridgehead atoms. The van der Waals surface area contributed by atoms with E-state index in [1.165, 1.54) is 63.0 Å².